The van der Waals surface area contributed by atoms with Crippen molar-refractivity contribution in [2.45, 2.75) is 33.4 Å². The number of nitro benzene ring substituents is 1. The first-order valence-corrected chi connectivity index (χ1v) is 14.9. The summed E-state index contributed by atoms with van der Waals surface area (Å²) in [6.45, 7) is 6.95. The van der Waals surface area contributed by atoms with Gasteiger partial charge in [-0.25, -0.2) is 4.99 Å². The van der Waals surface area contributed by atoms with Crippen LogP contribution in [0.4, 0.5) is 5.69 Å². The summed E-state index contributed by atoms with van der Waals surface area (Å²) in [5, 5.41) is 11.5. The molecule has 3 aromatic carbocycles. The summed E-state index contributed by atoms with van der Waals surface area (Å²) in [7, 11) is 0. The second-order valence-corrected chi connectivity index (χ2v) is 11.3. The van der Waals surface area contributed by atoms with Gasteiger partial charge in [-0.2, -0.15) is 0 Å². The molecule has 0 saturated heterocycles. The second-order valence-electron chi connectivity index (χ2n) is 9.90. The normalized spacial score (nSPS) is 14.7. The fourth-order valence-corrected chi connectivity index (χ4v) is 6.14. The Morgan fingerprint density at radius 2 is 1.81 bits per heavy atom. The molecule has 4 aromatic rings. The Balaban J connectivity index is 1.51. The highest BCUT2D eigenvalue weighted by molar-refractivity contribution is 7.07. The van der Waals surface area contributed by atoms with Crippen LogP contribution in [0.1, 0.15) is 43.5 Å². The molecule has 2 heterocycles. The average Bonchev–Trinajstić information content (AvgIpc) is 3.30. The quantitative estimate of drug-likeness (QED) is 0.189. The highest BCUT2D eigenvalue weighted by atomic mass is 35.5. The highest BCUT2D eigenvalue weighted by Crippen LogP contribution is 2.32. The van der Waals surface area contributed by atoms with E-state index in [1.807, 2.05) is 51.1 Å². The van der Waals surface area contributed by atoms with Crippen LogP contribution in [0.25, 0.3) is 6.08 Å². The topological polar surface area (TPSA) is 107 Å². The lowest BCUT2D eigenvalue weighted by molar-refractivity contribution is -0.384. The van der Waals surface area contributed by atoms with Gasteiger partial charge < -0.3 is 9.64 Å². The van der Waals surface area contributed by atoms with Crippen LogP contribution < -0.4 is 19.6 Å². The molecule has 0 spiro atoms. The van der Waals surface area contributed by atoms with E-state index in [0.29, 0.717) is 44.5 Å². The lowest BCUT2D eigenvalue weighted by atomic mass is 9.94. The number of halogens is 1. The fraction of sp³-hybridized carbons (Fsp3) is 0.219. The van der Waals surface area contributed by atoms with E-state index < -0.39 is 11.0 Å². The number of allylic oxidation sites excluding steroid dienone is 1. The zero-order valence-corrected chi connectivity index (χ0v) is 25.4. The zero-order chi connectivity index (χ0) is 30.7. The number of carbonyl (C=O) groups excluding carboxylic acids is 1. The van der Waals surface area contributed by atoms with Crippen molar-refractivity contribution in [1.82, 2.24) is 9.47 Å². The van der Waals surface area contributed by atoms with Crippen LogP contribution in [0.15, 0.2) is 93.9 Å². The van der Waals surface area contributed by atoms with Crippen molar-refractivity contribution in [3.05, 3.63) is 136 Å². The molecule has 1 aliphatic rings. The summed E-state index contributed by atoms with van der Waals surface area (Å²) in [5.74, 6) is 0.431. The third-order valence-electron chi connectivity index (χ3n) is 7.20. The Hall–Kier alpha value is -4.54. The van der Waals surface area contributed by atoms with E-state index in [4.69, 9.17) is 21.3 Å². The number of nitrogens with zero attached hydrogens (tertiary/aromatic N) is 4. The third-order valence-corrected chi connectivity index (χ3v) is 8.43. The van der Waals surface area contributed by atoms with Gasteiger partial charge in [0.15, 0.2) is 4.80 Å². The zero-order valence-electron chi connectivity index (χ0n) is 23.8. The number of amides is 1. The molecule has 11 heteroatoms. The van der Waals surface area contributed by atoms with Crippen LogP contribution in [0, 0.1) is 10.1 Å². The molecule has 0 bridgehead atoms. The molecule has 1 aliphatic heterocycles. The predicted molar refractivity (Wildman–Crippen MR) is 167 cm³/mol. The van der Waals surface area contributed by atoms with E-state index in [2.05, 4.69) is 0 Å². The van der Waals surface area contributed by atoms with Crippen LogP contribution in [-0.2, 0) is 11.4 Å². The summed E-state index contributed by atoms with van der Waals surface area (Å²) in [4.78, 5) is 45.1. The number of likely N-dealkylation sites (N-methyl/N-ethyl adjacent to an activating group) is 1. The van der Waals surface area contributed by atoms with Crippen molar-refractivity contribution < 1.29 is 14.5 Å². The van der Waals surface area contributed by atoms with Crippen molar-refractivity contribution in [3.8, 4) is 5.75 Å². The van der Waals surface area contributed by atoms with Crippen molar-refractivity contribution >= 4 is 40.6 Å². The Morgan fingerprint density at radius 1 is 1.12 bits per heavy atom. The van der Waals surface area contributed by atoms with Crippen LogP contribution in [0.2, 0.25) is 5.02 Å². The Kier molecular flexibility index (Phi) is 8.89. The molecule has 220 valence electrons. The summed E-state index contributed by atoms with van der Waals surface area (Å²) in [6.07, 6.45) is 1.78. The summed E-state index contributed by atoms with van der Waals surface area (Å²) >= 11 is 7.44. The maximum Gasteiger partial charge on any atom is 0.271 e. The van der Waals surface area contributed by atoms with E-state index in [1.165, 1.54) is 23.5 Å². The molecule has 0 N–H and O–H groups in total. The SMILES string of the molecule is CCN(CC)C(=O)C1=C(C)N=c2s/c(=C/c3cccc(OCc4ccc([N+](=O)[O-])cc4)c3)c(=O)n2[C@H]1c1ccc(Cl)cc1. The second kappa shape index (κ2) is 12.8. The lowest BCUT2D eigenvalue weighted by Gasteiger charge is -2.29. The highest BCUT2D eigenvalue weighted by Gasteiger charge is 2.34. The molecule has 0 saturated carbocycles. The van der Waals surface area contributed by atoms with Crippen molar-refractivity contribution in [3.63, 3.8) is 0 Å². The molecule has 0 aliphatic carbocycles. The molecule has 43 heavy (non-hydrogen) atoms. The predicted octanol–water partition coefficient (Wildman–Crippen LogP) is 5.24. The fourth-order valence-electron chi connectivity index (χ4n) is 4.96. The van der Waals surface area contributed by atoms with Crippen LogP contribution >= 0.6 is 22.9 Å². The van der Waals surface area contributed by atoms with Gasteiger partial charge in [-0.15, -0.1) is 0 Å². The first kappa shape index (κ1) is 29.9. The Labute approximate surface area is 256 Å². The van der Waals surface area contributed by atoms with Crippen LogP contribution in [0.3, 0.4) is 0 Å². The van der Waals surface area contributed by atoms with Gasteiger partial charge in [0.2, 0.25) is 0 Å². The Bertz CT molecular complexity index is 1890. The van der Waals surface area contributed by atoms with Crippen LogP contribution in [-0.4, -0.2) is 33.4 Å². The number of hydrogen-bond donors (Lipinski definition) is 0. The maximum absolute atomic E-state index is 14.0. The lowest BCUT2D eigenvalue weighted by Crippen LogP contribution is -2.43. The van der Waals surface area contributed by atoms with Gasteiger partial charge in [0.05, 0.1) is 26.8 Å². The molecule has 1 atom stereocenters. The minimum Gasteiger partial charge on any atom is -0.489 e. The number of ether oxygens (including phenoxy) is 1. The van der Waals surface area contributed by atoms with Gasteiger partial charge >= 0.3 is 0 Å². The number of aromatic nitrogens is 1. The number of rotatable bonds is 9. The largest absolute Gasteiger partial charge is 0.489 e. The van der Waals surface area contributed by atoms with Crippen molar-refractivity contribution in [2.24, 2.45) is 4.99 Å². The van der Waals surface area contributed by atoms with Gasteiger partial charge in [-0.05, 0) is 79.9 Å². The van der Waals surface area contributed by atoms with E-state index in [0.717, 1.165) is 16.7 Å². The van der Waals surface area contributed by atoms with Gasteiger partial charge in [0, 0.05) is 30.2 Å². The monoisotopic (exact) mass is 616 g/mol. The molecule has 0 unspecified atom stereocenters. The molecule has 0 fully saturated rings. The van der Waals surface area contributed by atoms with E-state index in [-0.39, 0.29) is 23.8 Å². The summed E-state index contributed by atoms with van der Waals surface area (Å²) in [5.41, 5.74) is 3.12. The third kappa shape index (κ3) is 6.30. The van der Waals surface area contributed by atoms with E-state index >= 15 is 0 Å². The van der Waals surface area contributed by atoms with E-state index in [1.54, 1.807) is 45.9 Å². The molecule has 0 radical (unpaired) electrons. The number of nitro groups is 1. The first-order valence-electron chi connectivity index (χ1n) is 13.7. The van der Waals surface area contributed by atoms with Crippen LogP contribution in [0.5, 0.6) is 5.75 Å². The molecular weight excluding hydrogens is 588 g/mol. The summed E-state index contributed by atoms with van der Waals surface area (Å²) < 4.78 is 7.98. The van der Waals surface area contributed by atoms with Gasteiger partial charge in [-0.1, -0.05) is 47.2 Å². The number of thiazole rings is 1. The smallest absolute Gasteiger partial charge is 0.271 e. The number of fused-ring (bicyclic) bond motifs is 1. The Morgan fingerprint density at radius 3 is 2.47 bits per heavy atom. The summed E-state index contributed by atoms with van der Waals surface area (Å²) in [6, 6.07) is 20.0. The minimum atomic E-state index is -0.653. The van der Waals surface area contributed by atoms with Crippen molar-refractivity contribution in [1.29, 1.82) is 0 Å². The molecule has 9 nitrogen and oxygen atoms in total. The van der Waals surface area contributed by atoms with Gasteiger partial charge in [-0.3, -0.25) is 24.3 Å². The van der Waals surface area contributed by atoms with Gasteiger partial charge in [0.1, 0.15) is 12.4 Å². The number of benzene rings is 3. The minimum absolute atomic E-state index is 0.0187. The molecule has 1 aromatic heterocycles. The average molecular weight is 617 g/mol. The number of carbonyl (C=O) groups is 1. The molecule has 5 rings (SSSR count). The number of non-ortho nitro benzene ring substituents is 1. The standard InChI is InChI=1S/C32H29ClN4O5S/c1-4-35(5-2)31(39)28-20(3)34-32-36(29(28)23-11-13-24(33)14-12-23)30(38)27(43-32)18-22-7-6-8-26(17-22)42-19-21-9-15-25(16-10-21)37(40)41/h6-18,29H,4-5,19H2,1-3H3/b27-18+/t29-/m0/s1. The maximum atomic E-state index is 14.0. The van der Waals surface area contributed by atoms with Crippen molar-refractivity contribution in [2.75, 3.05) is 13.1 Å². The van der Waals surface area contributed by atoms with E-state index in [9.17, 15) is 19.7 Å². The first-order chi connectivity index (χ1) is 20.7. The molecule has 1 amide bonds. The molecular formula is C32H29ClN4O5S. The van der Waals surface area contributed by atoms with Gasteiger partial charge in [0.25, 0.3) is 17.2 Å². The number of hydrogen-bond acceptors (Lipinski definition) is 7.